The summed E-state index contributed by atoms with van der Waals surface area (Å²) in [4.78, 5) is 27.1. The molecule has 1 atom stereocenters. The Labute approximate surface area is 124 Å². The first kappa shape index (κ1) is 15.3. The van der Waals surface area contributed by atoms with Crippen LogP contribution in [-0.4, -0.2) is 47.5 Å². The Hall–Kier alpha value is -2.06. The third kappa shape index (κ3) is 3.96. The quantitative estimate of drug-likeness (QED) is 0.594. The second kappa shape index (κ2) is 7.09. The molecule has 112 valence electrons. The molecular weight excluding hydrogens is 296 g/mol. The van der Waals surface area contributed by atoms with Crippen molar-refractivity contribution < 1.29 is 23.8 Å². The van der Waals surface area contributed by atoms with Crippen molar-refractivity contribution >= 4 is 34.7 Å². The summed E-state index contributed by atoms with van der Waals surface area (Å²) in [7, 11) is 1.18. The number of nitrogens with one attached hydrogen (secondary N) is 1. The van der Waals surface area contributed by atoms with Gasteiger partial charge < -0.3 is 19.6 Å². The van der Waals surface area contributed by atoms with Crippen LogP contribution in [0.5, 0.6) is 0 Å². The van der Waals surface area contributed by atoms with E-state index in [2.05, 4.69) is 15.0 Å². The molecule has 2 aromatic rings. The molecule has 0 saturated heterocycles. The van der Waals surface area contributed by atoms with E-state index in [-0.39, 0.29) is 5.75 Å². The van der Waals surface area contributed by atoms with Crippen molar-refractivity contribution in [2.75, 3.05) is 19.5 Å². The van der Waals surface area contributed by atoms with E-state index < -0.39 is 24.5 Å². The minimum atomic E-state index is -1.06. The molecule has 1 unspecified atom stereocenters. The Morgan fingerprint density at radius 2 is 2.24 bits per heavy atom. The van der Waals surface area contributed by atoms with E-state index >= 15 is 0 Å². The number of oxazole rings is 1. The fourth-order valence-corrected chi connectivity index (χ4v) is 2.25. The van der Waals surface area contributed by atoms with Crippen molar-refractivity contribution in [3.05, 3.63) is 24.3 Å². The number of nitrogens with zero attached hydrogens (tertiary/aromatic N) is 1. The van der Waals surface area contributed by atoms with Gasteiger partial charge in [0.1, 0.15) is 5.52 Å². The zero-order valence-corrected chi connectivity index (χ0v) is 12.1. The maximum Gasteiger partial charge on any atom is 0.330 e. The van der Waals surface area contributed by atoms with Gasteiger partial charge in [0.05, 0.1) is 19.5 Å². The molecule has 1 heterocycles. The summed E-state index contributed by atoms with van der Waals surface area (Å²) >= 11 is 1.10. The number of aliphatic hydroxyl groups is 1. The molecule has 0 bridgehead atoms. The normalized spacial score (nSPS) is 12.1. The number of aliphatic hydroxyl groups excluding tert-OH is 1. The van der Waals surface area contributed by atoms with E-state index in [1.807, 2.05) is 18.2 Å². The fourth-order valence-electron chi connectivity index (χ4n) is 1.60. The number of fused-ring (bicyclic) bond motifs is 1. The fraction of sp³-hybridized carbons (Fsp3) is 0.308. The summed E-state index contributed by atoms with van der Waals surface area (Å²) in [5.41, 5.74) is 1.35. The lowest BCUT2D eigenvalue weighted by Gasteiger charge is -2.12. The van der Waals surface area contributed by atoms with E-state index in [4.69, 9.17) is 9.52 Å². The summed E-state index contributed by atoms with van der Waals surface area (Å²) in [5, 5.41) is 11.7. The van der Waals surface area contributed by atoms with Gasteiger partial charge in [-0.2, -0.15) is 0 Å². The topological polar surface area (TPSA) is 102 Å². The smallest absolute Gasteiger partial charge is 0.330 e. The van der Waals surface area contributed by atoms with Gasteiger partial charge in [0.25, 0.3) is 5.22 Å². The number of carbonyl (C=O) groups is 2. The highest BCUT2D eigenvalue weighted by Gasteiger charge is 2.20. The molecule has 1 aromatic heterocycles. The second-order valence-corrected chi connectivity index (χ2v) is 4.99. The van der Waals surface area contributed by atoms with E-state index in [1.165, 1.54) is 7.11 Å². The third-order valence-corrected chi connectivity index (χ3v) is 3.43. The van der Waals surface area contributed by atoms with Gasteiger partial charge in [0, 0.05) is 0 Å². The van der Waals surface area contributed by atoms with Crippen LogP contribution in [0.3, 0.4) is 0 Å². The maximum absolute atomic E-state index is 11.7. The Balaban J connectivity index is 1.90. The molecule has 21 heavy (non-hydrogen) atoms. The number of benzene rings is 1. The van der Waals surface area contributed by atoms with Crippen LogP contribution in [0.15, 0.2) is 33.9 Å². The maximum atomic E-state index is 11.7. The number of ether oxygens (including phenoxy) is 1. The number of amides is 1. The minimum Gasteiger partial charge on any atom is -0.467 e. The molecule has 0 aliphatic carbocycles. The van der Waals surface area contributed by atoms with E-state index in [1.54, 1.807) is 6.07 Å². The highest BCUT2D eigenvalue weighted by atomic mass is 32.2. The number of esters is 1. The molecule has 1 aromatic carbocycles. The standard InChI is InChI=1S/C13H14N2O5S/c1-19-12(18)9(6-16)14-11(17)7-21-13-15-8-4-2-3-5-10(8)20-13/h2-5,9,16H,6-7H2,1H3,(H,14,17). The Morgan fingerprint density at radius 1 is 1.48 bits per heavy atom. The van der Waals surface area contributed by atoms with Gasteiger partial charge in [0.15, 0.2) is 11.6 Å². The Morgan fingerprint density at radius 3 is 2.90 bits per heavy atom. The van der Waals surface area contributed by atoms with Gasteiger partial charge in [-0.3, -0.25) is 4.79 Å². The molecule has 0 saturated carbocycles. The zero-order valence-electron chi connectivity index (χ0n) is 11.2. The van der Waals surface area contributed by atoms with Crippen LogP contribution >= 0.6 is 11.8 Å². The largest absolute Gasteiger partial charge is 0.467 e. The molecule has 0 radical (unpaired) electrons. The lowest BCUT2D eigenvalue weighted by molar-refractivity contribution is -0.145. The number of hydrogen-bond acceptors (Lipinski definition) is 7. The monoisotopic (exact) mass is 310 g/mol. The molecule has 7 nitrogen and oxygen atoms in total. The average Bonchev–Trinajstić information content (AvgIpc) is 2.92. The molecule has 8 heteroatoms. The second-order valence-electron chi connectivity index (χ2n) is 4.06. The van der Waals surface area contributed by atoms with Gasteiger partial charge in [-0.25, -0.2) is 9.78 Å². The number of aromatic nitrogens is 1. The summed E-state index contributed by atoms with van der Waals surface area (Å²) in [6.07, 6.45) is 0. The van der Waals surface area contributed by atoms with Gasteiger partial charge in [-0.1, -0.05) is 23.9 Å². The summed E-state index contributed by atoms with van der Waals surface area (Å²) in [5.74, 6) is -1.11. The molecule has 0 fully saturated rings. The van der Waals surface area contributed by atoms with Gasteiger partial charge >= 0.3 is 5.97 Å². The molecule has 2 N–H and O–H groups in total. The van der Waals surface area contributed by atoms with Crippen LogP contribution < -0.4 is 5.32 Å². The lowest BCUT2D eigenvalue weighted by Crippen LogP contribution is -2.44. The first-order valence-electron chi connectivity index (χ1n) is 6.10. The van der Waals surface area contributed by atoms with E-state index in [0.717, 1.165) is 11.8 Å². The van der Waals surface area contributed by atoms with Crippen molar-refractivity contribution in [2.24, 2.45) is 0 Å². The Bertz CT molecular complexity index is 609. The van der Waals surface area contributed by atoms with E-state index in [0.29, 0.717) is 16.3 Å². The lowest BCUT2D eigenvalue weighted by atomic mass is 10.3. The Kier molecular flexibility index (Phi) is 5.18. The summed E-state index contributed by atoms with van der Waals surface area (Å²) in [6.45, 7) is -0.522. The van der Waals surface area contributed by atoms with Crippen molar-refractivity contribution in [1.82, 2.24) is 10.3 Å². The van der Waals surface area contributed by atoms with Gasteiger partial charge in [-0.05, 0) is 12.1 Å². The molecule has 0 aliphatic heterocycles. The van der Waals surface area contributed by atoms with Crippen molar-refractivity contribution in [3.63, 3.8) is 0 Å². The summed E-state index contributed by atoms with van der Waals surface area (Å²) in [6, 6.07) is 6.20. The van der Waals surface area contributed by atoms with Crippen molar-refractivity contribution in [2.45, 2.75) is 11.3 Å². The highest BCUT2D eigenvalue weighted by molar-refractivity contribution is 7.99. The predicted octanol–water partition coefficient (Wildman–Crippen LogP) is 0.570. The van der Waals surface area contributed by atoms with Crippen LogP contribution in [0.25, 0.3) is 11.1 Å². The summed E-state index contributed by atoms with van der Waals surface area (Å²) < 4.78 is 9.90. The SMILES string of the molecule is COC(=O)C(CO)NC(=O)CSc1nc2ccccc2o1. The number of rotatable bonds is 6. The number of hydrogen-bond donors (Lipinski definition) is 2. The first-order chi connectivity index (χ1) is 10.1. The zero-order chi connectivity index (χ0) is 15.2. The number of carbonyl (C=O) groups excluding carboxylic acids is 2. The van der Waals surface area contributed by atoms with Gasteiger partial charge in [-0.15, -0.1) is 0 Å². The average molecular weight is 310 g/mol. The molecule has 0 aliphatic rings. The molecule has 2 rings (SSSR count). The van der Waals surface area contributed by atoms with Crippen LogP contribution in [-0.2, 0) is 14.3 Å². The number of methoxy groups -OCH3 is 1. The molecule has 0 spiro atoms. The molecular formula is C13H14N2O5S. The highest BCUT2D eigenvalue weighted by Crippen LogP contribution is 2.22. The van der Waals surface area contributed by atoms with Crippen LogP contribution in [0, 0.1) is 0 Å². The van der Waals surface area contributed by atoms with Crippen LogP contribution in [0.2, 0.25) is 0 Å². The van der Waals surface area contributed by atoms with Crippen molar-refractivity contribution in [1.29, 1.82) is 0 Å². The minimum absolute atomic E-state index is 0.0142. The van der Waals surface area contributed by atoms with E-state index in [9.17, 15) is 9.59 Å². The van der Waals surface area contributed by atoms with Crippen molar-refractivity contribution in [3.8, 4) is 0 Å². The van der Waals surface area contributed by atoms with Crippen LogP contribution in [0.1, 0.15) is 0 Å². The number of para-hydroxylation sites is 2. The van der Waals surface area contributed by atoms with Crippen LogP contribution in [0.4, 0.5) is 0 Å². The number of thioether (sulfide) groups is 1. The van der Waals surface area contributed by atoms with Gasteiger partial charge in [0.2, 0.25) is 5.91 Å². The third-order valence-electron chi connectivity index (χ3n) is 2.60. The first-order valence-corrected chi connectivity index (χ1v) is 7.09. The predicted molar refractivity (Wildman–Crippen MR) is 75.8 cm³/mol. The molecule has 1 amide bonds.